The van der Waals surface area contributed by atoms with Gasteiger partial charge in [0.05, 0.1) is 5.69 Å². The van der Waals surface area contributed by atoms with E-state index in [1.54, 1.807) is 18.3 Å². The Hall–Kier alpha value is -1.80. The van der Waals surface area contributed by atoms with Crippen LogP contribution in [-0.2, 0) is 0 Å². The molecule has 0 unspecified atom stereocenters. The quantitative estimate of drug-likeness (QED) is 0.859. The van der Waals surface area contributed by atoms with Crippen LogP contribution in [0.4, 0.5) is 5.69 Å². The van der Waals surface area contributed by atoms with Gasteiger partial charge in [-0.25, -0.2) is 0 Å². The van der Waals surface area contributed by atoms with Crippen molar-refractivity contribution in [1.29, 1.82) is 0 Å². The van der Waals surface area contributed by atoms with Gasteiger partial charge in [0.1, 0.15) is 0 Å². The SMILES string of the molecule is C=C(c1ccc(Cl)cc1)c1cc(N)ccn1. The standard InChI is InChI=1S/C13H11ClN2/c1-9(10-2-4-11(14)5-3-10)13-8-12(15)6-7-16-13/h2-8H,1H2,(H2,15,16). The third kappa shape index (κ3) is 2.23. The minimum Gasteiger partial charge on any atom is -0.399 e. The van der Waals surface area contributed by atoms with E-state index in [4.69, 9.17) is 17.3 Å². The summed E-state index contributed by atoms with van der Waals surface area (Å²) in [6.45, 7) is 4.00. The van der Waals surface area contributed by atoms with E-state index in [1.165, 1.54) is 0 Å². The monoisotopic (exact) mass is 230 g/mol. The highest BCUT2D eigenvalue weighted by Crippen LogP contribution is 2.22. The smallest absolute Gasteiger partial charge is 0.0722 e. The van der Waals surface area contributed by atoms with E-state index in [0.717, 1.165) is 16.8 Å². The molecule has 0 aliphatic carbocycles. The van der Waals surface area contributed by atoms with Gasteiger partial charge in [-0.15, -0.1) is 0 Å². The van der Waals surface area contributed by atoms with E-state index in [0.29, 0.717) is 10.7 Å². The number of pyridine rings is 1. The molecule has 0 atom stereocenters. The number of rotatable bonds is 2. The minimum absolute atomic E-state index is 0.681. The molecule has 0 aliphatic heterocycles. The van der Waals surface area contributed by atoms with Crippen molar-refractivity contribution >= 4 is 22.9 Å². The fourth-order valence-electron chi connectivity index (χ4n) is 1.41. The maximum atomic E-state index is 5.82. The first-order valence-electron chi connectivity index (χ1n) is 4.83. The van der Waals surface area contributed by atoms with E-state index in [1.807, 2.05) is 24.3 Å². The second kappa shape index (κ2) is 4.37. The first kappa shape index (κ1) is 10.7. The summed E-state index contributed by atoms with van der Waals surface area (Å²) in [5.74, 6) is 0. The van der Waals surface area contributed by atoms with E-state index >= 15 is 0 Å². The fraction of sp³-hybridized carbons (Fsp3) is 0. The van der Waals surface area contributed by atoms with Crippen molar-refractivity contribution in [2.24, 2.45) is 0 Å². The first-order chi connectivity index (χ1) is 7.66. The molecule has 0 saturated carbocycles. The van der Waals surface area contributed by atoms with Gasteiger partial charge in [-0.1, -0.05) is 30.3 Å². The average molecular weight is 231 g/mol. The molecule has 1 aromatic carbocycles. The van der Waals surface area contributed by atoms with Crippen LogP contribution < -0.4 is 5.73 Å². The molecular formula is C13H11ClN2. The second-order valence-corrected chi connectivity index (χ2v) is 3.90. The predicted octanol–water partition coefficient (Wildman–Crippen LogP) is 3.38. The number of anilines is 1. The molecule has 80 valence electrons. The molecule has 2 aromatic rings. The van der Waals surface area contributed by atoms with Crippen molar-refractivity contribution < 1.29 is 0 Å². The fourth-order valence-corrected chi connectivity index (χ4v) is 1.54. The van der Waals surface area contributed by atoms with Gasteiger partial charge in [0.25, 0.3) is 0 Å². The number of nitrogen functional groups attached to an aromatic ring is 1. The highest BCUT2D eigenvalue weighted by molar-refractivity contribution is 6.30. The van der Waals surface area contributed by atoms with Crippen LogP contribution in [0.2, 0.25) is 5.02 Å². The van der Waals surface area contributed by atoms with Gasteiger partial charge in [0.2, 0.25) is 0 Å². The van der Waals surface area contributed by atoms with Crippen LogP contribution >= 0.6 is 11.6 Å². The Morgan fingerprint density at radius 1 is 1.19 bits per heavy atom. The van der Waals surface area contributed by atoms with E-state index in [-0.39, 0.29) is 0 Å². The summed E-state index contributed by atoms with van der Waals surface area (Å²) in [5, 5.41) is 0.706. The van der Waals surface area contributed by atoms with Gasteiger partial charge in [-0.05, 0) is 29.8 Å². The third-order valence-corrected chi connectivity index (χ3v) is 2.54. The van der Waals surface area contributed by atoms with Gasteiger partial charge in [0, 0.05) is 22.5 Å². The van der Waals surface area contributed by atoms with Gasteiger partial charge in [-0.2, -0.15) is 0 Å². The largest absolute Gasteiger partial charge is 0.399 e. The zero-order chi connectivity index (χ0) is 11.5. The van der Waals surface area contributed by atoms with Crippen LogP contribution in [0.3, 0.4) is 0 Å². The van der Waals surface area contributed by atoms with Gasteiger partial charge >= 0.3 is 0 Å². The number of aromatic nitrogens is 1. The molecule has 1 aromatic heterocycles. The van der Waals surface area contributed by atoms with E-state index in [2.05, 4.69) is 11.6 Å². The van der Waals surface area contributed by atoms with E-state index in [9.17, 15) is 0 Å². The first-order valence-corrected chi connectivity index (χ1v) is 5.21. The van der Waals surface area contributed by atoms with Gasteiger partial charge in [0.15, 0.2) is 0 Å². The molecular weight excluding hydrogens is 220 g/mol. The lowest BCUT2D eigenvalue weighted by atomic mass is 10.0. The molecule has 1 heterocycles. The number of halogens is 1. The van der Waals surface area contributed by atoms with Crippen LogP contribution in [0.1, 0.15) is 11.3 Å². The van der Waals surface area contributed by atoms with Crippen LogP contribution in [-0.4, -0.2) is 4.98 Å². The number of nitrogens with two attached hydrogens (primary N) is 1. The summed E-state index contributed by atoms with van der Waals surface area (Å²) in [6, 6.07) is 11.0. The minimum atomic E-state index is 0.681. The summed E-state index contributed by atoms with van der Waals surface area (Å²) in [4.78, 5) is 4.23. The normalized spacial score (nSPS) is 10.1. The maximum Gasteiger partial charge on any atom is 0.0722 e. The molecule has 2 rings (SSSR count). The summed E-state index contributed by atoms with van der Waals surface area (Å²) < 4.78 is 0. The van der Waals surface area contributed by atoms with Gasteiger partial charge < -0.3 is 5.73 Å². The molecule has 2 N–H and O–H groups in total. The Labute approximate surface area is 99.4 Å². The second-order valence-electron chi connectivity index (χ2n) is 3.46. The summed E-state index contributed by atoms with van der Waals surface area (Å²) in [5.41, 5.74) is 8.98. The Morgan fingerprint density at radius 3 is 2.50 bits per heavy atom. The lowest BCUT2D eigenvalue weighted by molar-refractivity contribution is 1.28. The predicted molar refractivity (Wildman–Crippen MR) is 68.2 cm³/mol. The molecule has 0 radical (unpaired) electrons. The summed E-state index contributed by atoms with van der Waals surface area (Å²) >= 11 is 5.82. The molecule has 2 nitrogen and oxygen atoms in total. The van der Waals surface area contributed by atoms with Crippen LogP contribution in [0.15, 0.2) is 49.2 Å². The average Bonchev–Trinajstić information content (AvgIpc) is 2.29. The Kier molecular flexibility index (Phi) is 2.93. The van der Waals surface area contributed by atoms with Crippen molar-refractivity contribution in [3.05, 3.63) is 65.5 Å². The topological polar surface area (TPSA) is 38.9 Å². The molecule has 0 aliphatic rings. The third-order valence-electron chi connectivity index (χ3n) is 2.29. The molecule has 3 heteroatoms. The molecule has 16 heavy (non-hydrogen) atoms. The number of hydrogen-bond acceptors (Lipinski definition) is 2. The van der Waals surface area contributed by atoms with Crippen molar-refractivity contribution in [3.8, 4) is 0 Å². The molecule has 0 saturated heterocycles. The number of nitrogens with zero attached hydrogens (tertiary/aromatic N) is 1. The van der Waals surface area contributed by atoms with Gasteiger partial charge in [-0.3, -0.25) is 4.98 Å². The lowest BCUT2D eigenvalue weighted by Gasteiger charge is -2.06. The Balaban J connectivity index is 2.35. The highest BCUT2D eigenvalue weighted by atomic mass is 35.5. The van der Waals surface area contributed by atoms with Crippen molar-refractivity contribution in [2.45, 2.75) is 0 Å². The maximum absolute atomic E-state index is 5.82. The van der Waals surface area contributed by atoms with Crippen molar-refractivity contribution in [3.63, 3.8) is 0 Å². The summed E-state index contributed by atoms with van der Waals surface area (Å²) in [7, 11) is 0. The lowest BCUT2D eigenvalue weighted by Crippen LogP contribution is -1.92. The van der Waals surface area contributed by atoms with E-state index < -0.39 is 0 Å². The zero-order valence-corrected chi connectivity index (χ0v) is 9.41. The van der Waals surface area contributed by atoms with Crippen LogP contribution in [0.25, 0.3) is 5.57 Å². The molecule has 0 bridgehead atoms. The Bertz CT molecular complexity index is 518. The van der Waals surface area contributed by atoms with Crippen LogP contribution in [0, 0.1) is 0 Å². The molecule has 0 spiro atoms. The summed E-state index contributed by atoms with van der Waals surface area (Å²) in [6.07, 6.45) is 1.67. The van der Waals surface area contributed by atoms with Crippen molar-refractivity contribution in [1.82, 2.24) is 4.98 Å². The zero-order valence-electron chi connectivity index (χ0n) is 8.65. The number of hydrogen-bond donors (Lipinski definition) is 1. The molecule has 0 amide bonds. The number of benzene rings is 1. The highest BCUT2D eigenvalue weighted by Gasteiger charge is 2.03. The Morgan fingerprint density at radius 2 is 1.88 bits per heavy atom. The van der Waals surface area contributed by atoms with Crippen LogP contribution in [0.5, 0.6) is 0 Å². The molecule has 0 fully saturated rings. The van der Waals surface area contributed by atoms with Crippen molar-refractivity contribution in [2.75, 3.05) is 5.73 Å².